The molecule has 1 aliphatic rings. The van der Waals surface area contributed by atoms with Gasteiger partial charge in [0.05, 0.1) is 0 Å². The first-order chi connectivity index (χ1) is 4.65. The number of carbonyl (C=O) groups excluding carboxylic acids is 1. The van der Waals surface area contributed by atoms with E-state index in [4.69, 9.17) is 17.3 Å². The molecule has 0 spiro atoms. The molecule has 3 heteroatoms. The Bertz CT molecular complexity index is 178. The molecule has 0 bridgehead atoms. The maximum atomic E-state index is 10.7. The third-order valence-corrected chi connectivity index (χ3v) is 2.09. The molecular formula is C7H10ClNO. The van der Waals surface area contributed by atoms with Crippen molar-refractivity contribution in [3.05, 3.63) is 12.2 Å². The number of nitrogens with two attached hydrogens (primary N) is 1. The van der Waals surface area contributed by atoms with Crippen LogP contribution in [0, 0.1) is 0 Å². The van der Waals surface area contributed by atoms with Crippen LogP contribution in [0.15, 0.2) is 12.2 Å². The molecule has 10 heavy (non-hydrogen) atoms. The molecule has 0 fully saturated rings. The summed E-state index contributed by atoms with van der Waals surface area (Å²) in [5, 5.41) is -0.455. The molecule has 0 aromatic heterocycles. The van der Waals surface area contributed by atoms with E-state index in [-0.39, 0.29) is 0 Å². The number of rotatable bonds is 1. The van der Waals surface area contributed by atoms with Crippen molar-refractivity contribution in [1.82, 2.24) is 0 Å². The first-order valence-electron chi connectivity index (χ1n) is 3.32. The van der Waals surface area contributed by atoms with Crippen LogP contribution in [0.2, 0.25) is 0 Å². The first kappa shape index (κ1) is 7.76. The summed E-state index contributed by atoms with van der Waals surface area (Å²) in [6, 6.07) is 0. The Morgan fingerprint density at radius 3 is 2.70 bits per heavy atom. The number of carbonyl (C=O) groups is 1. The van der Waals surface area contributed by atoms with Crippen LogP contribution in [-0.2, 0) is 4.79 Å². The third-order valence-electron chi connectivity index (χ3n) is 1.74. The van der Waals surface area contributed by atoms with Crippen molar-refractivity contribution in [2.45, 2.75) is 24.8 Å². The van der Waals surface area contributed by atoms with Crippen molar-refractivity contribution in [2.24, 2.45) is 5.73 Å². The normalized spacial score (nSPS) is 32.2. The van der Waals surface area contributed by atoms with Gasteiger partial charge in [0.15, 0.2) is 0 Å². The first-order valence-corrected chi connectivity index (χ1v) is 3.69. The number of halogens is 1. The van der Waals surface area contributed by atoms with Gasteiger partial charge in [0.2, 0.25) is 5.24 Å². The van der Waals surface area contributed by atoms with Gasteiger partial charge in [0.1, 0.15) is 5.54 Å². The summed E-state index contributed by atoms with van der Waals surface area (Å²) >= 11 is 5.28. The van der Waals surface area contributed by atoms with E-state index in [1.807, 2.05) is 6.08 Å². The van der Waals surface area contributed by atoms with Gasteiger partial charge in [-0.1, -0.05) is 12.2 Å². The van der Waals surface area contributed by atoms with Crippen LogP contribution < -0.4 is 5.73 Å². The molecule has 1 rings (SSSR count). The van der Waals surface area contributed by atoms with Crippen LogP contribution in [0.25, 0.3) is 0 Å². The van der Waals surface area contributed by atoms with E-state index in [1.165, 1.54) is 0 Å². The Morgan fingerprint density at radius 1 is 1.70 bits per heavy atom. The summed E-state index contributed by atoms with van der Waals surface area (Å²) in [6.07, 6.45) is 6.23. The van der Waals surface area contributed by atoms with Crippen LogP contribution in [0.1, 0.15) is 19.3 Å². The van der Waals surface area contributed by atoms with Gasteiger partial charge in [-0.15, -0.1) is 0 Å². The monoisotopic (exact) mass is 159 g/mol. The minimum Gasteiger partial charge on any atom is -0.315 e. The fourth-order valence-corrected chi connectivity index (χ4v) is 1.21. The standard InChI is InChI=1S/C7H10ClNO/c8-6(10)7(9)4-2-1-3-5-7/h2,4H,1,3,5,9H2. The van der Waals surface area contributed by atoms with Gasteiger partial charge in [-0.05, 0) is 30.9 Å². The van der Waals surface area contributed by atoms with Gasteiger partial charge in [0.25, 0.3) is 0 Å². The molecule has 0 aromatic rings. The van der Waals surface area contributed by atoms with Crippen LogP contribution >= 0.6 is 11.6 Å². The third kappa shape index (κ3) is 1.39. The predicted molar refractivity (Wildman–Crippen MR) is 40.8 cm³/mol. The second-order valence-corrected chi connectivity index (χ2v) is 2.95. The van der Waals surface area contributed by atoms with Crippen molar-refractivity contribution in [3.8, 4) is 0 Å². The van der Waals surface area contributed by atoms with Gasteiger partial charge < -0.3 is 5.73 Å². The van der Waals surface area contributed by atoms with Gasteiger partial charge >= 0.3 is 0 Å². The summed E-state index contributed by atoms with van der Waals surface area (Å²) in [6.45, 7) is 0. The second-order valence-electron chi connectivity index (χ2n) is 2.61. The predicted octanol–water partition coefficient (Wildman–Crippen LogP) is 1.19. The van der Waals surface area contributed by atoms with Crippen LogP contribution in [0.5, 0.6) is 0 Å². The maximum absolute atomic E-state index is 10.7. The highest BCUT2D eigenvalue weighted by atomic mass is 35.5. The minimum atomic E-state index is -0.875. The molecule has 0 heterocycles. The topological polar surface area (TPSA) is 43.1 Å². The molecule has 56 valence electrons. The maximum Gasteiger partial charge on any atom is 0.245 e. The number of hydrogen-bond acceptors (Lipinski definition) is 2. The van der Waals surface area contributed by atoms with Gasteiger partial charge in [-0.25, -0.2) is 0 Å². The molecule has 0 amide bonds. The molecule has 2 nitrogen and oxygen atoms in total. The fourth-order valence-electron chi connectivity index (χ4n) is 1.05. The zero-order valence-corrected chi connectivity index (χ0v) is 6.40. The Balaban J connectivity index is 2.75. The highest BCUT2D eigenvalue weighted by molar-refractivity contribution is 6.65. The lowest BCUT2D eigenvalue weighted by molar-refractivity contribution is -0.115. The zero-order chi connectivity index (χ0) is 7.61. The summed E-state index contributed by atoms with van der Waals surface area (Å²) in [7, 11) is 0. The highest BCUT2D eigenvalue weighted by Crippen LogP contribution is 2.21. The second kappa shape index (κ2) is 2.72. The average molecular weight is 160 g/mol. The Kier molecular flexibility index (Phi) is 2.11. The molecule has 0 radical (unpaired) electrons. The molecule has 2 N–H and O–H groups in total. The molecule has 0 saturated carbocycles. The lowest BCUT2D eigenvalue weighted by Crippen LogP contribution is -2.44. The van der Waals surface area contributed by atoms with E-state index in [2.05, 4.69) is 0 Å². The van der Waals surface area contributed by atoms with Crippen LogP contribution in [0.3, 0.4) is 0 Å². The molecule has 1 unspecified atom stereocenters. The van der Waals surface area contributed by atoms with Crippen LogP contribution in [0.4, 0.5) is 0 Å². The smallest absolute Gasteiger partial charge is 0.245 e. The lowest BCUT2D eigenvalue weighted by atomic mass is 9.90. The quantitative estimate of drug-likeness (QED) is 0.462. The summed E-state index contributed by atoms with van der Waals surface area (Å²) < 4.78 is 0. The van der Waals surface area contributed by atoms with Gasteiger partial charge in [-0.2, -0.15) is 0 Å². The van der Waals surface area contributed by atoms with E-state index >= 15 is 0 Å². The summed E-state index contributed by atoms with van der Waals surface area (Å²) in [5.74, 6) is 0. The van der Waals surface area contributed by atoms with E-state index in [9.17, 15) is 4.79 Å². The molecule has 0 aromatic carbocycles. The molecule has 0 saturated heterocycles. The highest BCUT2D eigenvalue weighted by Gasteiger charge is 2.30. The van der Waals surface area contributed by atoms with E-state index in [0.717, 1.165) is 12.8 Å². The largest absolute Gasteiger partial charge is 0.315 e. The average Bonchev–Trinajstić information content (AvgIpc) is 1.89. The van der Waals surface area contributed by atoms with Crippen molar-refractivity contribution in [3.63, 3.8) is 0 Å². The fraction of sp³-hybridized carbons (Fsp3) is 0.571. The molecule has 1 atom stereocenters. The molecular weight excluding hydrogens is 150 g/mol. The summed E-state index contributed by atoms with van der Waals surface area (Å²) in [4.78, 5) is 10.7. The Labute approximate surface area is 65.0 Å². The van der Waals surface area contributed by atoms with Crippen molar-refractivity contribution in [1.29, 1.82) is 0 Å². The van der Waals surface area contributed by atoms with Crippen molar-refractivity contribution < 1.29 is 4.79 Å². The summed E-state index contributed by atoms with van der Waals surface area (Å²) in [5.41, 5.74) is 4.76. The minimum absolute atomic E-state index is 0.455. The van der Waals surface area contributed by atoms with E-state index < -0.39 is 10.8 Å². The van der Waals surface area contributed by atoms with Crippen molar-refractivity contribution in [2.75, 3.05) is 0 Å². The van der Waals surface area contributed by atoms with Gasteiger partial charge in [0, 0.05) is 0 Å². The van der Waals surface area contributed by atoms with E-state index in [0.29, 0.717) is 6.42 Å². The zero-order valence-electron chi connectivity index (χ0n) is 5.64. The van der Waals surface area contributed by atoms with Crippen molar-refractivity contribution >= 4 is 16.8 Å². The number of allylic oxidation sites excluding steroid dienone is 1. The number of hydrogen-bond donors (Lipinski definition) is 1. The Hall–Kier alpha value is -0.340. The molecule has 1 aliphatic carbocycles. The van der Waals surface area contributed by atoms with Gasteiger partial charge in [-0.3, -0.25) is 4.79 Å². The molecule has 0 aliphatic heterocycles. The Morgan fingerprint density at radius 2 is 2.40 bits per heavy atom. The van der Waals surface area contributed by atoms with E-state index in [1.54, 1.807) is 6.08 Å². The SMILES string of the molecule is NC1(C(=O)Cl)C=CCCC1. The van der Waals surface area contributed by atoms with Crippen LogP contribution in [-0.4, -0.2) is 10.8 Å². The lowest BCUT2D eigenvalue weighted by Gasteiger charge is -2.23.